The Morgan fingerprint density at radius 1 is 1.33 bits per heavy atom. The number of nitrogens with zero attached hydrogens (tertiary/aromatic N) is 2. The van der Waals surface area contributed by atoms with Crippen LogP contribution < -0.4 is 4.74 Å². The topological polar surface area (TPSA) is 77.0 Å². The molecule has 3 heterocycles. The van der Waals surface area contributed by atoms with Gasteiger partial charge < -0.3 is 18.7 Å². The van der Waals surface area contributed by atoms with Gasteiger partial charge in [0.15, 0.2) is 0 Å². The summed E-state index contributed by atoms with van der Waals surface area (Å²) in [5, 5.41) is 9.87. The van der Waals surface area contributed by atoms with E-state index in [4.69, 9.17) is 9.15 Å². The quantitative estimate of drug-likeness (QED) is 0.620. The van der Waals surface area contributed by atoms with Crippen LogP contribution in [0.1, 0.15) is 21.7 Å². The van der Waals surface area contributed by atoms with Crippen LogP contribution in [0.25, 0.3) is 16.6 Å². The lowest BCUT2D eigenvalue weighted by Crippen LogP contribution is -1.98. The monoisotopic (exact) mass is 322 g/mol. The summed E-state index contributed by atoms with van der Waals surface area (Å²) in [6, 6.07) is 9.07. The van der Waals surface area contributed by atoms with E-state index in [1.807, 2.05) is 28.9 Å². The Bertz CT molecular complexity index is 1060. The van der Waals surface area contributed by atoms with Crippen molar-refractivity contribution in [2.45, 2.75) is 13.5 Å². The van der Waals surface area contributed by atoms with Gasteiger partial charge >= 0.3 is 5.97 Å². The highest BCUT2D eigenvalue weighted by Crippen LogP contribution is 2.29. The second-order valence-electron chi connectivity index (χ2n) is 5.52. The van der Waals surface area contributed by atoms with Crippen LogP contribution >= 0.6 is 0 Å². The molecule has 0 aliphatic carbocycles. The van der Waals surface area contributed by atoms with Crippen LogP contribution in [0.15, 0.2) is 53.3 Å². The second-order valence-corrected chi connectivity index (χ2v) is 5.52. The molecule has 0 saturated carbocycles. The number of carboxylic acid groups (broad SMARTS) is 1. The highest BCUT2D eigenvalue weighted by Gasteiger charge is 2.17. The first-order chi connectivity index (χ1) is 11.6. The minimum Gasteiger partial charge on any atom is -0.489 e. The molecule has 0 radical (unpaired) electrons. The Balaban J connectivity index is 1.62. The molecule has 1 aromatic carbocycles. The standard InChI is InChI=1S/C18H14N2O4/c1-11-17(18(21)22)14-8-13(3-4-15(14)24-11)23-10-12-2-5-16-19-6-7-20(16)9-12/h2-9H,10H2,1H3,(H,21,22). The largest absolute Gasteiger partial charge is 0.489 e. The average molecular weight is 322 g/mol. The number of rotatable bonds is 4. The summed E-state index contributed by atoms with van der Waals surface area (Å²) >= 11 is 0. The molecule has 24 heavy (non-hydrogen) atoms. The molecular formula is C18H14N2O4. The van der Waals surface area contributed by atoms with E-state index in [1.165, 1.54) is 0 Å². The van der Waals surface area contributed by atoms with E-state index in [-0.39, 0.29) is 5.56 Å². The smallest absolute Gasteiger partial charge is 0.339 e. The van der Waals surface area contributed by atoms with Crippen LogP contribution in [0.5, 0.6) is 5.75 Å². The zero-order valence-corrected chi connectivity index (χ0v) is 12.9. The van der Waals surface area contributed by atoms with E-state index < -0.39 is 5.97 Å². The number of furan rings is 1. The fraction of sp³-hybridized carbons (Fsp3) is 0.111. The van der Waals surface area contributed by atoms with Gasteiger partial charge in [-0.25, -0.2) is 9.78 Å². The van der Waals surface area contributed by atoms with E-state index in [0.29, 0.717) is 29.1 Å². The van der Waals surface area contributed by atoms with E-state index in [0.717, 1.165) is 11.2 Å². The Morgan fingerprint density at radius 3 is 3.04 bits per heavy atom. The van der Waals surface area contributed by atoms with Gasteiger partial charge in [0.2, 0.25) is 0 Å². The number of aromatic nitrogens is 2. The summed E-state index contributed by atoms with van der Waals surface area (Å²) in [6.07, 6.45) is 5.56. The molecule has 0 bridgehead atoms. The first-order valence-electron chi connectivity index (χ1n) is 7.42. The van der Waals surface area contributed by atoms with Gasteiger partial charge in [0, 0.05) is 29.5 Å². The molecule has 0 fully saturated rings. The Hall–Kier alpha value is -3.28. The summed E-state index contributed by atoms with van der Waals surface area (Å²) in [6.45, 7) is 2.02. The summed E-state index contributed by atoms with van der Waals surface area (Å²) in [7, 11) is 0. The maximum Gasteiger partial charge on any atom is 0.339 e. The first kappa shape index (κ1) is 14.3. The van der Waals surface area contributed by atoms with E-state index in [2.05, 4.69) is 4.98 Å². The fourth-order valence-electron chi connectivity index (χ4n) is 2.77. The van der Waals surface area contributed by atoms with Gasteiger partial charge in [-0.05, 0) is 31.2 Å². The summed E-state index contributed by atoms with van der Waals surface area (Å²) in [4.78, 5) is 15.6. The van der Waals surface area contributed by atoms with E-state index in [1.54, 1.807) is 31.3 Å². The molecule has 0 spiro atoms. The lowest BCUT2D eigenvalue weighted by atomic mass is 10.1. The van der Waals surface area contributed by atoms with Gasteiger partial charge in [0.1, 0.15) is 34.9 Å². The number of carbonyl (C=O) groups is 1. The summed E-state index contributed by atoms with van der Waals surface area (Å²) < 4.78 is 13.2. The van der Waals surface area contributed by atoms with Crippen molar-refractivity contribution >= 4 is 22.6 Å². The summed E-state index contributed by atoms with van der Waals surface area (Å²) in [5.74, 6) is -0.0225. The molecule has 1 N–H and O–H groups in total. The van der Waals surface area contributed by atoms with Gasteiger partial charge in [-0.2, -0.15) is 0 Å². The maximum atomic E-state index is 11.4. The highest BCUT2D eigenvalue weighted by atomic mass is 16.5. The van der Waals surface area contributed by atoms with Crippen molar-refractivity contribution in [3.63, 3.8) is 0 Å². The van der Waals surface area contributed by atoms with Gasteiger partial charge in [-0.1, -0.05) is 6.07 Å². The third kappa shape index (κ3) is 2.38. The molecule has 0 unspecified atom stereocenters. The van der Waals surface area contributed by atoms with Crippen LogP contribution in [0.2, 0.25) is 0 Å². The van der Waals surface area contributed by atoms with Crippen molar-refractivity contribution < 1.29 is 19.1 Å². The minimum atomic E-state index is -1.01. The molecule has 0 saturated heterocycles. The molecule has 0 atom stereocenters. The van der Waals surface area contributed by atoms with Crippen LogP contribution in [-0.4, -0.2) is 20.5 Å². The van der Waals surface area contributed by atoms with Gasteiger partial charge in [-0.15, -0.1) is 0 Å². The normalized spacial score (nSPS) is 11.2. The van der Waals surface area contributed by atoms with Crippen LogP contribution in [0, 0.1) is 6.92 Å². The number of hydrogen-bond donors (Lipinski definition) is 1. The van der Waals surface area contributed by atoms with Crippen molar-refractivity contribution in [1.82, 2.24) is 9.38 Å². The van der Waals surface area contributed by atoms with E-state index in [9.17, 15) is 9.90 Å². The number of hydrogen-bond acceptors (Lipinski definition) is 4. The zero-order valence-electron chi connectivity index (χ0n) is 12.9. The Kier molecular flexibility index (Phi) is 3.23. The molecule has 0 aliphatic heterocycles. The highest BCUT2D eigenvalue weighted by molar-refractivity contribution is 6.03. The van der Waals surface area contributed by atoms with Crippen LogP contribution in [-0.2, 0) is 6.61 Å². The molecule has 0 aliphatic rings. The summed E-state index contributed by atoms with van der Waals surface area (Å²) in [5.41, 5.74) is 2.58. The number of imidazole rings is 1. The van der Waals surface area contributed by atoms with E-state index >= 15 is 0 Å². The first-order valence-corrected chi connectivity index (χ1v) is 7.42. The van der Waals surface area contributed by atoms with Crippen molar-refractivity contribution in [3.05, 3.63) is 65.8 Å². The van der Waals surface area contributed by atoms with Gasteiger partial charge in [0.05, 0.1) is 0 Å². The third-order valence-electron chi connectivity index (χ3n) is 3.90. The molecule has 6 nitrogen and oxygen atoms in total. The molecular weight excluding hydrogens is 308 g/mol. The Labute approximate surface area is 136 Å². The number of pyridine rings is 1. The predicted molar refractivity (Wildman–Crippen MR) is 87.4 cm³/mol. The molecule has 3 aromatic heterocycles. The molecule has 6 heteroatoms. The third-order valence-corrected chi connectivity index (χ3v) is 3.90. The number of aromatic carboxylic acids is 1. The molecule has 4 aromatic rings. The van der Waals surface area contributed by atoms with Crippen molar-refractivity contribution in [1.29, 1.82) is 0 Å². The Morgan fingerprint density at radius 2 is 2.21 bits per heavy atom. The van der Waals surface area contributed by atoms with Crippen molar-refractivity contribution in [2.75, 3.05) is 0 Å². The van der Waals surface area contributed by atoms with Crippen LogP contribution in [0.3, 0.4) is 0 Å². The number of fused-ring (bicyclic) bond motifs is 2. The zero-order chi connectivity index (χ0) is 16.7. The number of carboxylic acids is 1. The lowest BCUT2D eigenvalue weighted by molar-refractivity contribution is 0.0697. The minimum absolute atomic E-state index is 0.176. The van der Waals surface area contributed by atoms with Gasteiger partial charge in [-0.3, -0.25) is 0 Å². The van der Waals surface area contributed by atoms with Gasteiger partial charge in [0.25, 0.3) is 0 Å². The van der Waals surface area contributed by atoms with Crippen molar-refractivity contribution in [2.24, 2.45) is 0 Å². The fourth-order valence-corrected chi connectivity index (χ4v) is 2.77. The number of aryl methyl sites for hydroxylation is 1. The van der Waals surface area contributed by atoms with Crippen LogP contribution in [0.4, 0.5) is 0 Å². The average Bonchev–Trinajstić information content (AvgIpc) is 3.14. The molecule has 120 valence electrons. The number of ether oxygens (including phenoxy) is 1. The second kappa shape index (κ2) is 5.42. The van der Waals surface area contributed by atoms with Crippen molar-refractivity contribution in [3.8, 4) is 5.75 Å². The molecule has 4 rings (SSSR count). The number of benzene rings is 1. The lowest BCUT2D eigenvalue weighted by Gasteiger charge is -2.07. The maximum absolute atomic E-state index is 11.4. The molecule has 0 amide bonds. The predicted octanol–water partition coefficient (Wildman–Crippen LogP) is 3.67. The SMILES string of the molecule is Cc1oc2ccc(OCc3ccc4nccn4c3)cc2c1C(=O)O.